The Morgan fingerprint density at radius 2 is 2.17 bits per heavy atom. The van der Waals surface area contributed by atoms with Crippen molar-refractivity contribution in [3.8, 4) is 0 Å². The molecule has 2 rings (SSSR count). The molecule has 0 N–H and O–H groups in total. The van der Waals surface area contributed by atoms with E-state index in [1.54, 1.807) is 6.92 Å². The van der Waals surface area contributed by atoms with Crippen molar-refractivity contribution in [2.75, 3.05) is 0 Å². The van der Waals surface area contributed by atoms with E-state index in [0.717, 1.165) is 11.3 Å². The first kappa shape index (κ1) is 7.47. The number of hydrogen-bond donors (Lipinski definition) is 0. The van der Waals surface area contributed by atoms with Crippen molar-refractivity contribution >= 4 is 11.4 Å². The molecule has 0 radical (unpaired) electrons. The van der Waals surface area contributed by atoms with Gasteiger partial charge in [-0.3, -0.25) is 4.99 Å². The molecular formula is C10H10FN. The number of hydrogen-bond acceptors (Lipinski definition) is 1. The predicted octanol–water partition coefficient (Wildman–Crippen LogP) is 2.67. The van der Waals surface area contributed by atoms with Gasteiger partial charge < -0.3 is 0 Å². The number of fused-ring (bicyclic) bond motifs is 1. The lowest BCUT2D eigenvalue weighted by atomic mass is 10.0. The molecule has 0 bridgehead atoms. The summed E-state index contributed by atoms with van der Waals surface area (Å²) in [6.45, 7) is 1.74. The quantitative estimate of drug-likeness (QED) is 0.557. The van der Waals surface area contributed by atoms with E-state index in [4.69, 9.17) is 0 Å². The Balaban J connectivity index is 2.49. The Morgan fingerprint density at radius 1 is 1.42 bits per heavy atom. The molecule has 62 valence electrons. The maximum absolute atomic E-state index is 13.1. The summed E-state index contributed by atoms with van der Waals surface area (Å²) in [5, 5.41) is 0. The predicted molar refractivity (Wildman–Crippen MR) is 47.8 cm³/mol. The monoisotopic (exact) mass is 163 g/mol. The third kappa shape index (κ3) is 1.13. The highest BCUT2D eigenvalue weighted by atomic mass is 19.1. The Bertz CT molecular complexity index is 330. The van der Waals surface area contributed by atoms with Crippen LogP contribution in [0.15, 0.2) is 29.3 Å². The topological polar surface area (TPSA) is 12.4 Å². The minimum Gasteiger partial charge on any atom is -0.255 e. The first-order valence-electron chi connectivity index (χ1n) is 4.04. The minimum atomic E-state index is -0.889. The molecule has 1 aromatic carbocycles. The van der Waals surface area contributed by atoms with Crippen LogP contribution in [0.5, 0.6) is 0 Å². The summed E-state index contributed by atoms with van der Waals surface area (Å²) in [6, 6.07) is 7.69. The van der Waals surface area contributed by atoms with Gasteiger partial charge in [-0.1, -0.05) is 18.2 Å². The van der Waals surface area contributed by atoms with Crippen molar-refractivity contribution < 1.29 is 4.39 Å². The molecule has 1 unspecified atom stereocenters. The summed E-state index contributed by atoms with van der Waals surface area (Å²) in [5.74, 6) is 0. The largest absolute Gasteiger partial charge is 0.255 e. The van der Waals surface area contributed by atoms with Gasteiger partial charge >= 0.3 is 0 Å². The van der Waals surface area contributed by atoms with Crippen molar-refractivity contribution in [1.82, 2.24) is 0 Å². The molecule has 0 aliphatic carbocycles. The molecule has 1 heterocycles. The zero-order valence-corrected chi connectivity index (χ0v) is 6.92. The summed E-state index contributed by atoms with van der Waals surface area (Å²) in [6.07, 6.45) is -0.411. The number of alkyl halides is 1. The van der Waals surface area contributed by atoms with Crippen LogP contribution in [0.25, 0.3) is 0 Å². The molecule has 1 nitrogen and oxygen atoms in total. The fraction of sp³-hybridized carbons (Fsp3) is 0.300. The van der Waals surface area contributed by atoms with Gasteiger partial charge in [-0.15, -0.1) is 0 Å². The van der Waals surface area contributed by atoms with Crippen molar-refractivity contribution in [3.63, 3.8) is 0 Å². The van der Waals surface area contributed by atoms with Gasteiger partial charge in [0.25, 0.3) is 0 Å². The number of benzene rings is 1. The lowest BCUT2D eigenvalue weighted by Gasteiger charge is -2.15. The number of halogens is 1. The molecule has 1 aliphatic rings. The second kappa shape index (κ2) is 2.70. The molecule has 0 amide bonds. The maximum atomic E-state index is 13.1. The normalized spacial score (nSPS) is 21.5. The highest BCUT2D eigenvalue weighted by Gasteiger charge is 2.18. The van der Waals surface area contributed by atoms with Gasteiger partial charge in [0.15, 0.2) is 0 Å². The number of aliphatic imine (C=N–C) groups is 1. The molecule has 0 aromatic heterocycles. The van der Waals surface area contributed by atoms with Crippen LogP contribution < -0.4 is 0 Å². The van der Waals surface area contributed by atoms with Gasteiger partial charge in [0.2, 0.25) is 0 Å². The van der Waals surface area contributed by atoms with Crippen molar-refractivity contribution in [3.05, 3.63) is 29.8 Å². The summed E-state index contributed by atoms with van der Waals surface area (Å²) in [4.78, 5) is 4.17. The average Bonchev–Trinajstić information content (AvgIpc) is 2.07. The average molecular weight is 163 g/mol. The Morgan fingerprint density at radius 3 is 3.00 bits per heavy atom. The Labute approximate surface area is 70.9 Å². The van der Waals surface area contributed by atoms with Gasteiger partial charge in [0.05, 0.1) is 5.69 Å². The second-order valence-corrected chi connectivity index (χ2v) is 3.05. The lowest BCUT2D eigenvalue weighted by Crippen LogP contribution is -2.18. The molecule has 1 aliphatic heterocycles. The molecule has 0 fully saturated rings. The van der Waals surface area contributed by atoms with Gasteiger partial charge in [-0.25, -0.2) is 4.39 Å². The molecule has 0 saturated carbocycles. The van der Waals surface area contributed by atoms with Crippen LogP contribution >= 0.6 is 0 Å². The van der Waals surface area contributed by atoms with Crippen molar-refractivity contribution in [1.29, 1.82) is 0 Å². The number of nitrogens with zero attached hydrogens (tertiary/aromatic N) is 1. The molecular weight excluding hydrogens is 153 g/mol. The van der Waals surface area contributed by atoms with E-state index in [-0.39, 0.29) is 0 Å². The van der Waals surface area contributed by atoms with Gasteiger partial charge in [-0.05, 0) is 18.6 Å². The maximum Gasteiger partial charge on any atom is 0.142 e. The smallest absolute Gasteiger partial charge is 0.142 e. The molecule has 12 heavy (non-hydrogen) atoms. The zero-order chi connectivity index (χ0) is 8.55. The fourth-order valence-electron chi connectivity index (χ4n) is 1.39. The van der Waals surface area contributed by atoms with Crippen molar-refractivity contribution in [2.45, 2.75) is 19.5 Å². The van der Waals surface area contributed by atoms with Gasteiger partial charge in [0, 0.05) is 12.1 Å². The molecule has 0 saturated heterocycles. The van der Waals surface area contributed by atoms with Crippen LogP contribution in [0.4, 0.5) is 10.1 Å². The summed E-state index contributed by atoms with van der Waals surface area (Å²) in [5.41, 5.74) is 2.52. The van der Waals surface area contributed by atoms with E-state index < -0.39 is 6.17 Å². The van der Waals surface area contributed by atoms with Crippen LogP contribution in [0, 0.1) is 0 Å². The SMILES string of the molecule is CC1=Nc2ccccc2CC1F. The fourth-order valence-corrected chi connectivity index (χ4v) is 1.39. The van der Waals surface area contributed by atoms with Crippen LogP contribution in [0.3, 0.4) is 0 Å². The summed E-state index contributed by atoms with van der Waals surface area (Å²) < 4.78 is 13.1. The third-order valence-corrected chi connectivity index (χ3v) is 2.14. The van der Waals surface area contributed by atoms with E-state index in [1.165, 1.54) is 0 Å². The summed E-state index contributed by atoms with van der Waals surface area (Å²) >= 11 is 0. The second-order valence-electron chi connectivity index (χ2n) is 3.05. The van der Waals surface area contributed by atoms with Crippen LogP contribution in [-0.4, -0.2) is 11.9 Å². The first-order valence-corrected chi connectivity index (χ1v) is 4.04. The zero-order valence-electron chi connectivity index (χ0n) is 6.92. The Kier molecular flexibility index (Phi) is 1.68. The van der Waals surface area contributed by atoms with Crippen LogP contribution in [0.1, 0.15) is 12.5 Å². The number of para-hydroxylation sites is 1. The highest BCUT2D eigenvalue weighted by Crippen LogP contribution is 2.26. The Hall–Kier alpha value is -1.18. The minimum absolute atomic E-state index is 0.478. The van der Waals surface area contributed by atoms with E-state index in [1.807, 2.05) is 24.3 Å². The standard InChI is InChI=1S/C10H10FN/c1-7-9(11)6-8-4-2-3-5-10(8)12-7/h2-5,9H,6H2,1H3. The van der Waals surface area contributed by atoms with Gasteiger partial charge in [-0.2, -0.15) is 0 Å². The van der Waals surface area contributed by atoms with Crippen molar-refractivity contribution in [2.24, 2.45) is 4.99 Å². The molecule has 2 heteroatoms. The van der Waals surface area contributed by atoms with Gasteiger partial charge in [0.1, 0.15) is 6.17 Å². The van der Waals surface area contributed by atoms with E-state index in [2.05, 4.69) is 4.99 Å². The summed E-state index contributed by atoms with van der Waals surface area (Å²) in [7, 11) is 0. The highest BCUT2D eigenvalue weighted by molar-refractivity contribution is 5.91. The van der Waals surface area contributed by atoms with E-state index >= 15 is 0 Å². The lowest BCUT2D eigenvalue weighted by molar-refractivity contribution is 0.418. The third-order valence-electron chi connectivity index (χ3n) is 2.14. The number of rotatable bonds is 0. The van der Waals surface area contributed by atoms with Crippen LogP contribution in [-0.2, 0) is 6.42 Å². The first-order chi connectivity index (χ1) is 5.77. The molecule has 1 aromatic rings. The van der Waals surface area contributed by atoms with E-state index in [9.17, 15) is 4.39 Å². The molecule has 0 spiro atoms. The van der Waals surface area contributed by atoms with Crippen LogP contribution in [0.2, 0.25) is 0 Å². The molecule has 1 atom stereocenters. The van der Waals surface area contributed by atoms with E-state index in [0.29, 0.717) is 12.1 Å².